The highest BCUT2D eigenvalue weighted by molar-refractivity contribution is 7.71. The lowest BCUT2D eigenvalue weighted by Gasteiger charge is -2.18. The van der Waals surface area contributed by atoms with Crippen LogP contribution in [0.5, 0.6) is 0 Å². The van der Waals surface area contributed by atoms with E-state index in [1.165, 1.54) is 5.56 Å². The SMILES string of the molecule is CNc1nc(=S)[nH]c2c1CCNC2. The van der Waals surface area contributed by atoms with E-state index in [1.54, 1.807) is 0 Å². The molecule has 0 fully saturated rings. The maximum atomic E-state index is 5.02. The van der Waals surface area contributed by atoms with E-state index < -0.39 is 0 Å². The Morgan fingerprint density at radius 1 is 1.54 bits per heavy atom. The molecule has 2 heterocycles. The maximum absolute atomic E-state index is 5.02. The van der Waals surface area contributed by atoms with E-state index in [-0.39, 0.29) is 0 Å². The Kier molecular flexibility index (Phi) is 2.28. The number of hydrogen-bond acceptors (Lipinski definition) is 4. The maximum Gasteiger partial charge on any atom is 0.199 e. The number of aromatic nitrogens is 2. The third-order valence-electron chi connectivity index (χ3n) is 2.21. The van der Waals surface area contributed by atoms with Crippen LogP contribution in [-0.2, 0) is 13.0 Å². The van der Waals surface area contributed by atoms with Crippen LogP contribution in [0.4, 0.5) is 5.82 Å². The van der Waals surface area contributed by atoms with Gasteiger partial charge in [-0.3, -0.25) is 0 Å². The Morgan fingerprint density at radius 3 is 3.15 bits per heavy atom. The van der Waals surface area contributed by atoms with E-state index in [0.29, 0.717) is 4.77 Å². The number of nitrogens with one attached hydrogen (secondary N) is 3. The van der Waals surface area contributed by atoms with Gasteiger partial charge in [0.25, 0.3) is 0 Å². The monoisotopic (exact) mass is 196 g/mol. The number of hydrogen-bond donors (Lipinski definition) is 3. The molecule has 0 bridgehead atoms. The van der Waals surface area contributed by atoms with Gasteiger partial charge in [-0.05, 0) is 25.2 Å². The lowest BCUT2D eigenvalue weighted by molar-refractivity contribution is 0.623. The molecule has 0 saturated heterocycles. The first kappa shape index (κ1) is 8.65. The molecule has 13 heavy (non-hydrogen) atoms. The van der Waals surface area contributed by atoms with Crippen LogP contribution in [0, 0.1) is 4.77 Å². The minimum Gasteiger partial charge on any atom is -0.373 e. The standard InChI is InChI=1S/C8H12N4S/c1-9-7-5-2-3-10-4-6(5)11-8(13)12-7/h10H,2-4H2,1H3,(H2,9,11,12,13). The van der Waals surface area contributed by atoms with Crippen molar-refractivity contribution in [2.75, 3.05) is 18.9 Å². The van der Waals surface area contributed by atoms with Gasteiger partial charge in [-0.2, -0.15) is 0 Å². The molecule has 0 saturated carbocycles. The normalized spacial score (nSPS) is 15.2. The Labute approximate surface area is 81.8 Å². The topological polar surface area (TPSA) is 52.7 Å². The summed E-state index contributed by atoms with van der Waals surface area (Å²) in [6, 6.07) is 0. The molecule has 0 spiro atoms. The fraction of sp³-hybridized carbons (Fsp3) is 0.500. The molecule has 2 rings (SSSR count). The van der Waals surface area contributed by atoms with Crippen molar-refractivity contribution in [2.45, 2.75) is 13.0 Å². The second kappa shape index (κ2) is 3.43. The predicted octanol–water partition coefficient (Wildman–Crippen LogP) is 0.827. The second-order valence-electron chi connectivity index (χ2n) is 3.02. The van der Waals surface area contributed by atoms with Gasteiger partial charge in [-0.15, -0.1) is 0 Å². The van der Waals surface area contributed by atoms with Crippen molar-refractivity contribution in [1.82, 2.24) is 15.3 Å². The zero-order valence-electron chi connectivity index (χ0n) is 7.48. The van der Waals surface area contributed by atoms with Crippen LogP contribution in [0.25, 0.3) is 0 Å². The van der Waals surface area contributed by atoms with E-state index in [0.717, 1.165) is 31.0 Å². The molecule has 0 amide bonds. The minimum atomic E-state index is 0.548. The quantitative estimate of drug-likeness (QED) is 0.582. The number of nitrogens with zero attached hydrogens (tertiary/aromatic N) is 1. The molecule has 0 aliphatic carbocycles. The van der Waals surface area contributed by atoms with Gasteiger partial charge in [0.05, 0.1) is 0 Å². The molecule has 1 aromatic heterocycles. The zero-order valence-corrected chi connectivity index (χ0v) is 8.29. The van der Waals surface area contributed by atoms with Gasteiger partial charge in [-0.25, -0.2) is 4.98 Å². The second-order valence-corrected chi connectivity index (χ2v) is 3.41. The largest absolute Gasteiger partial charge is 0.373 e. The molecule has 1 aliphatic heterocycles. The minimum absolute atomic E-state index is 0.548. The summed E-state index contributed by atoms with van der Waals surface area (Å²) >= 11 is 5.02. The summed E-state index contributed by atoms with van der Waals surface area (Å²) in [7, 11) is 1.87. The van der Waals surface area contributed by atoms with E-state index in [4.69, 9.17) is 12.2 Å². The van der Waals surface area contributed by atoms with Gasteiger partial charge in [0, 0.05) is 24.8 Å². The summed E-state index contributed by atoms with van der Waals surface area (Å²) in [4.78, 5) is 7.33. The van der Waals surface area contributed by atoms with Gasteiger partial charge >= 0.3 is 0 Å². The van der Waals surface area contributed by atoms with Crippen LogP contribution in [0.1, 0.15) is 11.3 Å². The Hall–Kier alpha value is -0.940. The van der Waals surface area contributed by atoms with E-state index in [9.17, 15) is 0 Å². The zero-order chi connectivity index (χ0) is 9.26. The third-order valence-corrected chi connectivity index (χ3v) is 2.40. The fourth-order valence-electron chi connectivity index (χ4n) is 1.60. The van der Waals surface area contributed by atoms with Gasteiger partial charge < -0.3 is 15.6 Å². The summed E-state index contributed by atoms with van der Waals surface area (Å²) in [6.07, 6.45) is 1.00. The Balaban J connectivity index is 2.57. The highest BCUT2D eigenvalue weighted by atomic mass is 32.1. The predicted molar refractivity (Wildman–Crippen MR) is 54.4 cm³/mol. The summed E-state index contributed by atoms with van der Waals surface area (Å²) in [6.45, 7) is 1.87. The molecule has 3 N–H and O–H groups in total. The number of rotatable bonds is 1. The molecular weight excluding hydrogens is 184 g/mol. The van der Waals surface area contributed by atoms with Crippen LogP contribution < -0.4 is 10.6 Å². The van der Waals surface area contributed by atoms with Crippen LogP contribution in [0.3, 0.4) is 0 Å². The Bertz CT molecular complexity index is 351. The van der Waals surface area contributed by atoms with Crippen LogP contribution >= 0.6 is 12.2 Å². The highest BCUT2D eigenvalue weighted by Crippen LogP contribution is 2.18. The number of aromatic amines is 1. The molecular formula is C8H12N4S. The third kappa shape index (κ3) is 1.57. The molecule has 1 aromatic rings. The van der Waals surface area contributed by atoms with Crippen LogP contribution in [-0.4, -0.2) is 23.6 Å². The summed E-state index contributed by atoms with van der Waals surface area (Å²) in [5, 5.41) is 6.36. The molecule has 0 atom stereocenters. The summed E-state index contributed by atoms with van der Waals surface area (Å²) in [5.41, 5.74) is 2.42. The molecule has 1 aliphatic rings. The van der Waals surface area contributed by atoms with Gasteiger partial charge in [-0.1, -0.05) is 0 Å². The van der Waals surface area contributed by atoms with Crippen molar-refractivity contribution < 1.29 is 0 Å². The van der Waals surface area contributed by atoms with Crippen LogP contribution in [0.15, 0.2) is 0 Å². The molecule has 0 aromatic carbocycles. The number of H-pyrrole nitrogens is 1. The van der Waals surface area contributed by atoms with Crippen molar-refractivity contribution >= 4 is 18.0 Å². The van der Waals surface area contributed by atoms with E-state index >= 15 is 0 Å². The molecule has 70 valence electrons. The average molecular weight is 196 g/mol. The van der Waals surface area contributed by atoms with Crippen molar-refractivity contribution in [1.29, 1.82) is 0 Å². The van der Waals surface area contributed by atoms with Gasteiger partial charge in [0.1, 0.15) is 5.82 Å². The fourth-order valence-corrected chi connectivity index (χ4v) is 1.81. The van der Waals surface area contributed by atoms with Crippen LogP contribution in [0.2, 0.25) is 0 Å². The van der Waals surface area contributed by atoms with Crippen molar-refractivity contribution in [2.24, 2.45) is 0 Å². The van der Waals surface area contributed by atoms with Crippen molar-refractivity contribution in [3.63, 3.8) is 0 Å². The highest BCUT2D eigenvalue weighted by Gasteiger charge is 2.13. The molecule has 0 radical (unpaired) electrons. The van der Waals surface area contributed by atoms with Crippen molar-refractivity contribution in [3.05, 3.63) is 16.0 Å². The molecule has 4 nitrogen and oxygen atoms in total. The summed E-state index contributed by atoms with van der Waals surface area (Å²) in [5.74, 6) is 0.917. The number of anilines is 1. The van der Waals surface area contributed by atoms with Gasteiger partial charge in [0.2, 0.25) is 0 Å². The van der Waals surface area contributed by atoms with Crippen molar-refractivity contribution in [3.8, 4) is 0 Å². The molecule has 5 heteroatoms. The first-order chi connectivity index (χ1) is 6.31. The number of fused-ring (bicyclic) bond motifs is 1. The van der Waals surface area contributed by atoms with Gasteiger partial charge in [0.15, 0.2) is 4.77 Å². The first-order valence-electron chi connectivity index (χ1n) is 4.32. The smallest absolute Gasteiger partial charge is 0.199 e. The lowest BCUT2D eigenvalue weighted by atomic mass is 10.1. The Morgan fingerprint density at radius 2 is 2.38 bits per heavy atom. The van der Waals surface area contributed by atoms with E-state index in [2.05, 4.69) is 20.6 Å². The molecule has 0 unspecified atom stereocenters. The lowest BCUT2D eigenvalue weighted by Crippen LogP contribution is -2.26. The summed E-state index contributed by atoms with van der Waals surface area (Å²) < 4.78 is 0.548. The first-order valence-corrected chi connectivity index (χ1v) is 4.72. The average Bonchev–Trinajstić information content (AvgIpc) is 2.16. The van der Waals surface area contributed by atoms with E-state index in [1.807, 2.05) is 7.05 Å².